The monoisotopic (exact) mass is 588 g/mol. The fraction of sp³-hybridized carbons (Fsp3) is 0.800. The first kappa shape index (κ1) is 28.2. The Morgan fingerprint density at radius 1 is 0.415 bits per heavy atom. The van der Waals surface area contributed by atoms with Gasteiger partial charge in [-0.15, -0.1) is 0 Å². The molecule has 1 heteroatoms. The van der Waals surface area contributed by atoms with Crippen molar-refractivity contribution >= 4 is 0 Å². The summed E-state index contributed by atoms with van der Waals surface area (Å²) in [7, 11) is 0. The molecule has 0 radical (unpaired) electrons. The van der Waals surface area contributed by atoms with Crippen LogP contribution in [0.2, 0.25) is 14.9 Å². The average Bonchev–Trinajstić information content (AvgIpc) is 3.74. The van der Waals surface area contributed by atoms with Gasteiger partial charge in [0.15, 0.2) is 0 Å². The molecule has 8 saturated carbocycles. The Morgan fingerprint density at radius 2 is 0.610 bits per heavy atom. The van der Waals surface area contributed by atoms with E-state index in [1.807, 2.05) is 0 Å². The third kappa shape index (κ3) is 2.32. The van der Waals surface area contributed by atoms with Gasteiger partial charge >= 0.3 is 258 Å². The summed E-state index contributed by atoms with van der Waals surface area (Å²) >= 11 is -3.37. The van der Waals surface area contributed by atoms with Gasteiger partial charge in [0.1, 0.15) is 0 Å². The average molecular weight is 589 g/mol. The molecule has 0 aromatic rings. The summed E-state index contributed by atoms with van der Waals surface area (Å²) in [4.78, 5) is 0. The Hall–Kier alpha value is -0.326. The van der Waals surface area contributed by atoms with Gasteiger partial charge in [0.25, 0.3) is 0 Å². The molecule has 0 aromatic heterocycles. The molecule has 0 aromatic carbocycles. The van der Waals surface area contributed by atoms with E-state index in [-0.39, 0.29) is 21.7 Å². The van der Waals surface area contributed by atoms with E-state index < -0.39 is 16.6 Å². The zero-order valence-electron chi connectivity index (χ0n) is 28.1. The predicted octanol–water partition coefficient (Wildman–Crippen LogP) is 12.4. The van der Waals surface area contributed by atoms with Crippen molar-refractivity contribution in [2.24, 2.45) is 45.3 Å². The topological polar surface area (TPSA) is 0 Å². The van der Waals surface area contributed by atoms with E-state index >= 15 is 0 Å². The number of hydrogen-bond acceptors (Lipinski definition) is 0. The normalized spacial score (nSPS) is 52.3. The first-order valence-corrected chi connectivity index (χ1v) is 20.8. The molecule has 0 heterocycles. The van der Waals surface area contributed by atoms with Gasteiger partial charge in [0.2, 0.25) is 0 Å². The maximum atomic E-state index is 5.04. The number of rotatable bonds is 4. The minimum atomic E-state index is -3.37. The van der Waals surface area contributed by atoms with Crippen LogP contribution in [0.15, 0.2) is 48.6 Å². The molecule has 0 saturated heterocycles. The Balaban J connectivity index is 1.61. The molecule has 0 nitrogen and oxygen atoms in total. The molecule has 8 aliphatic carbocycles. The van der Waals surface area contributed by atoms with Crippen molar-refractivity contribution < 1.29 is 16.6 Å². The van der Waals surface area contributed by atoms with Crippen molar-refractivity contribution in [2.75, 3.05) is 0 Å². The molecule has 0 amide bonds. The first-order chi connectivity index (χ1) is 18.9. The van der Waals surface area contributed by atoms with Crippen LogP contribution in [0.25, 0.3) is 0 Å². The van der Waals surface area contributed by atoms with Gasteiger partial charge in [0, 0.05) is 0 Å². The van der Waals surface area contributed by atoms with E-state index in [1.165, 1.54) is 77.0 Å². The van der Waals surface area contributed by atoms with Crippen LogP contribution in [-0.4, -0.2) is 0 Å². The second-order valence-electron chi connectivity index (χ2n) is 19.4. The van der Waals surface area contributed by atoms with Gasteiger partial charge in [-0.2, -0.15) is 0 Å². The molecular weight excluding hydrogens is 528 g/mol. The maximum absolute atomic E-state index is 5.04. The summed E-state index contributed by atoms with van der Waals surface area (Å²) < 4.78 is 1.77. The summed E-state index contributed by atoms with van der Waals surface area (Å²) in [6.07, 6.45) is 17.5. The van der Waals surface area contributed by atoms with E-state index in [0.29, 0.717) is 14.9 Å². The predicted molar refractivity (Wildman–Crippen MR) is 172 cm³/mol. The van der Waals surface area contributed by atoms with Crippen molar-refractivity contribution in [3.05, 3.63) is 48.6 Å². The molecule has 8 unspecified atom stereocenters. The van der Waals surface area contributed by atoms with Crippen LogP contribution in [0.3, 0.4) is 0 Å². The summed E-state index contributed by atoms with van der Waals surface area (Å²) in [6, 6.07) is 0. The van der Waals surface area contributed by atoms with Crippen LogP contribution in [0.5, 0.6) is 0 Å². The van der Waals surface area contributed by atoms with E-state index in [4.69, 9.17) is 26.3 Å². The van der Waals surface area contributed by atoms with Crippen LogP contribution >= 0.6 is 0 Å². The molecule has 8 aliphatic rings. The second-order valence-corrected chi connectivity index (χ2v) is 27.8. The van der Waals surface area contributed by atoms with Gasteiger partial charge in [-0.05, 0) is 0 Å². The van der Waals surface area contributed by atoms with Crippen LogP contribution in [-0.2, 0) is 16.6 Å². The number of allylic oxidation sites excluding steroid dienone is 4. The summed E-state index contributed by atoms with van der Waals surface area (Å²) in [5.74, 6) is 3.00. The van der Waals surface area contributed by atoms with Gasteiger partial charge < -0.3 is 0 Å². The zero-order chi connectivity index (χ0) is 29.6. The van der Waals surface area contributed by atoms with Crippen molar-refractivity contribution in [3.8, 4) is 0 Å². The van der Waals surface area contributed by atoms with E-state index in [9.17, 15) is 0 Å². The van der Waals surface area contributed by atoms with Crippen LogP contribution in [0.1, 0.15) is 132 Å². The van der Waals surface area contributed by atoms with Gasteiger partial charge in [-0.3, -0.25) is 0 Å². The summed E-state index contributed by atoms with van der Waals surface area (Å²) in [5, 5.41) is 0. The van der Waals surface area contributed by atoms with Crippen LogP contribution < -0.4 is 0 Å². The van der Waals surface area contributed by atoms with Crippen molar-refractivity contribution in [2.45, 2.75) is 147 Å². The first-order valence-electron chi connectivity index (χ1n) is 17.7. The van der Waals surface area contributed by atoms with Gasteiger partial charge in [-0.1, -0.05) is 0 Å². The van der Waals surface area contributed by atoms with E-state index in [2.05, 4.69) is 55.4 Å². The second kappa shape index (κ2) is 7.38. The minimum absolute atomic E-state index is 0.225. The number of hydrogen-bond donors (Lipinski definition) is 0. The molecular formula is C40H60Ti. The van der Waals surface area contributed by atoms with E-state index in [0.717, 1.165) is 23.7 Å². The molecule has 8 atom stereocenters. The van der Waals surface area contributed by atoms with Gasteiger partial charge in [0.05, 0.1) is 0 Å². The van der Waals surface area contributed by atoms with Crippen molar-refractivity contribution in [1.82, 2.24) is 0 Å². The van der Waals surface area contributed by atoms with Crippen molar-refractivity contribution in [3.63, 3.8) is 0 Å². The molecule has 0 N–H and O–H groups in total. The van der Waals surface area contributed by atoms with Crippen LogP contribution in [0, 0.1) is 45.3 Å². The standard InChI is InChI=1S/4C10H15.Ti/c4*1-7-8-4-5-9(6-8)10(7,2)3;/h4*8H,1,4-6H2,2-3H3;. The zero-order valence-corrected chi connectivity index (χ0v) is 29.7. The molecule has 0 aliphatic heterocycles. The molecule has 0 spiro atoms. The van der Waals surface area contributed by atoms with E-state index in [1.54, 1.807) is 22.3 Å². The Labute approximate surface area is 256 Å². The third-order valence-corrected chi connectivity index (χ3v) is 34.6. The molecule has 8 fully saturated rings. The number of fused-ring (bicyclic) bond motifs is 8. The van der Waals surface area contributed by atoms with Crippen molar-refractivity contribution in [1.29, 1.82) is 0 Å². The fourth-order valence-electron chi connectivity index (χ4n) is 16.9. The summed E-state index contributed by atoms with van der Waals surface area (Å²) in [6.45, 7) is 42.1. The molecule has 41 heavy (non-hydrogen) atoms. The Kier molecular flexibility index (Phi) is 5.07. The SMILES string of the molecule is C=C1C2CC[C]([Ti]([C]34CCC(C3)C(=C)C4(C)C)([C]34CCC(C3)C(=C)C4(C)C)[C]34CCC(C3)C(=C)C4(C)C)(C2)C1(C)C. The molecule has 8 bridgehead atoms. The third-order valence-electron chi connectivity index (χ3n) is 18.9. The fourth-order valence-corrected chi connectivity index (χ4v) is 39.0. The quantitative estimate of drug-likeness (QED) is 0.226. The van der Waals surface area contributed by atoms with Gasteiger partial charge in [-0.25, -0.2) is 0 Å². The molecule has 224 valence electrons. The molecule has 8 rings (SSSR count). The summed E-state index contributed by atoms with van der Waals surface area (Å²) in [5.41, 5.74) is 7.51. The Morgan fingerprint density at radius 3 is 0.756 bits per heavy atom. The Bertz CT molecular complexity index is 1130. The van der Waals surface area contributed by atoms with Crippen LogP contribution in [0.4, 0.5) is 0 Å².